The van der Waals surface area contributed by atoms with Gasteiger partial charge in [0.1, 0.15) is 12.2 Å². The van der Waals surface area contributed by atoms with Gasteiger partial charge in [-0.1, -0.05) is 30.3 Å². The van der Waals surface area contributed by atoms with Crippen LogP contribution < -0.4 is 0 Å². The number of aliphatic hydroxyl groups excluding tert-OH is 1. The lowest BCUT2D eigenvalue weighted by Gasteiger charge is -2.31. The summed E-state index contributed by atoms with van der Waals surface area (Å²) in [5.41, 5.74) is 0.478. The van der Waals surface area contributed by atoms with Gasteiger partial charge in [0, 0.05) is 0 Å². The molecule has 4 heteroatoms. The average Bonchev–Trinajstić information content (AvgIpc) is 2.48. The quantitative estimate of drug-likeness (QED) is 0.774. The third-order valence-electron chi connectivity index (χ3n) is 3.44. The lowest BCUT2D eigenvalue weighted by Crippen LogP contribution is -2.41. The van der Waals surface area contributed by atoms with Crippen LogP contribution in [0.2, 0.25) is 0 Å². The van der Waals surface area contributed by atoms with Gasteiger partial charge in [-0.05, 0) is 54.0 Å². The Morgan fingerprint density at radius 3 is 1.88 bits per heavy atom. The van der Waals surface area contributed by atoms with Crippen molar-refractivity contribution >= 4 is 0 Å². The molecule has 0 fully saturated rings. The Morgan fingerprint density at radius 2 is 1.38 bits per heavy atom. The van der Waals surface area contributed by atoms with Crippen LogP contribution in [0.4, 0.5) is 0 Å². The first-order chi connectivity index (χ1) is 11.0. The van der Waals surface area contributed by atoms with E-state index in [1.165, 1.54) is 0 Å². The van der Waals surface area contributed by atoms with Gasteiger partial charge in [-0.2, -0.15) is 0 Å². The lowest BCUT2D eigenvalue weighted by atomic mass is 10.1. The van der Waals surface area contributed by atoms with E-state index in [0.29, 0.717) is 6.61 Å². The van der Waals surface area contributed by atoms with Crippen molar-refractivity contribution in [3.63, 3.8) is 0 Å². The van der Waals surface area contributed by atoms with Crippen molar-refractivity contribution in [2.45, 2.75) is 78.0 Å². The maximum atomic E-state index is 10.5. The highest BCUT2D eigenvalue weighted by atomic mass is 16.6. The summed E-state index contributed by atoms with van der Waals surface area (Å²) >= 11 is 0. The van der Waals surface area contributed by atoms with Crippen molar-refractivity contribution in [1.29, 1.82) is 0 Å². The molecule has 0 unspecified atom stereocenters. The largest absolute Gasteiger partial charge is 0.388 e. The van der Waals surface area contributed by atoms with Crippen LogP contribution in [0.5, 0.6) is 0 Å². The molecule has 0 saturated heterocycles. The van der Waals surface area contributed by atoms with Crippen LogP contribution in [-0.4, -0.2) is 41.7 Å². The molecule has 0 aliphatic rings. The third kappa shape index (κ3) is 8.78. The van der Waals surface area contributed by atoms with E-state index < -0.39 is 12.2 Å². The van der Waals surface area contributed by atoms with E-state index in [2.05, 4.69) is 0 Å². The van der Waals surface area contributed by atoms with Crippen LogP contribution in [-0.2, 0) is 14.2 Å². The Kier molecular flexibility index (Phi) is 7.87. The summed E-state index contributed by atoms with van der Waals surface area (Å²) < 4.78 is 17.7. The maximum Gasteiger partial charge on any atom is 0.110 e. The van der Waals surface area contributed by atoms with E-state index >= 15 is 0 Å². The van der Waals surface area contributed by atoms with Gasteiger partial charge in [0.2, 0.25) is 0 Å². The zero-order valence-corrected chi connectivity index (χ0v) is 16.2. The molecular formula is C20H34O4. The van der Waals surface area contributed by atoms with Gasteiger partial charge >= 0.3 is 0 Å². The van der Waals surface area contributed by atoms with Gasteiger partial charge in [-0.25, -0.2) is 0 Å². The molecule has 24 heavy (non-hydrogen) atoms. The molecule has 0 radical (unpaired) electrons. The molecular weight excluding hydrogens is 304 g/mol. The molecule has 0 saturated carbocycles. The second-order valence-electron chi connectivity index (χ2n) is 8.14. The topological polar surface area (TPSA) is 47.9 Å². The van der Waals surface area contributed by atoms with E-state index in [4.69, 9.17) is 14.2 Å². The van der Waals surface area contributed by atoms with Gasteiger partial charge < -0.3 is 19.3 Å². The monoisotopic (exact) mass is 338 g/mol. The first-order valence-electron chi connectivity index (χ1n) is 8.64. The Hall–Kier alpha value is -0.940. The highest BCUT2D eigenvalue weighted by Gasteiger charge is 2.27. The van der Waals surface area contributed by atoms with E-state index in [1.54, 1.807) is 0 Å². The van der Waals surface area contributed by atoms with E-state index in [0.717, 1.165) is 5.56 Å². The van der Waals surface area contributed by atoms with Crippen LogP contribution in [0.25, 0.3) is 0 Å². The standard InChI is InChI=1S/C20H34O4/c1-15(16-11-9-8-10-12-16)24-18(14-23-20(5,6)7)17(21)13-22-19(2,3)4/h8-12,15,17-18,21H,13-14H2,1-7H3/t15-,17-,18-/m0/s1. The molecule has 3 atom stereocenters. The number of aliphatic hydroxyl groups is 1. The van der Waals surface area contributed by atoms with E-state index in [-0.39, 0.29) is 23.9 Å². The smallest absolute Gasteiger partial charge is 0.110 e. The molecule has 1 rings (SSSR count). The molecule has 0 aliphatic carbocycles. The Bertz CT molecular complexity index is 459. The molecule has 1 N–H and O–H groups in total. The highest BCUT2D eigenvalue weighted by molar-refractivity contribution is 5.16. The predicted molar refractivity (Wildman–Crippen MR) is 97.1 cm³/mol. The van der Waals surface area contributed by atoms with Crippen molar-refractivity contribution in [3.8, 4) is 0 Å². The van der Waals surface area contributed by atoms with Crippen molar-refractivity contribution in [2.24, 2.45) is 0 Å². The lowest BCUT2D eigenvalue weighted by molar-refractivity contribution is -0.155. The maximum absolute atomic E-state index is 10.5. The summed E-state index contributed by atoms with van der Waals surface area (Å²) in [6.45, 7) is 14.4. The van der Waals surface area contributed by atoms with Crippen LogP contribution in [0.1, 0.15) is 60.1 Å². The fraction of sp³-hybridized carbons (Fsp3) is 0.700. The number of rotatable bonds is 8. The Labute approximate surface area is 147 Å². The third-order valence-corrected chi connectivity index (χ3v) is 3.44. The second-order valence-corrected chi connectivity index (χ2v) is 8.14. The van der Waals surface area contributed by atoms with E-state index in [9.17, 15) is 5.11 Å². The normalized spacial score (nSPS) is 16.7. The van der Waals surface area contributed by atoms with Crippen LogP contribution >= 0.6 is 0 Å². The fourth-order valence-corrected chi connectivity index (χ4v) is 2.08. The SMILES string of the molecule is C[C@H](O[C@@H](COC(C)(C)C)[C@@H](O)COC(C)(C)C)c1ccccc1. The fourth-order valence-electron chi connectivity index (χ4n) is 2.08. The summed E-state index contributed by atoms with van der Waals surface area (Å²) in [5.74, 6) is 0. The summed E-state index contributed by atoms with van der Waals surface area (Å²) in [7, 11) is 0. The average molecular weight is 338 g/mol. The molecule has 0 spiro atoms. The molecule has 1 aromatic rings. The number of ether oxygens (including phenoxy) is 3. The van der Waals surface area contributed by atoms with E-state index in [1.807, 2.05) is 78.8 Å². The highest BCUT2D eigenvalue weighted by Crippen LogP contribution is 2.21. The molecule has 0 aromatic heterocycles. The van der Waals surface area contributed by atoms with Crippen molar-refractivity contribution in [2.75, 3.05) is 13.2 Å². The first kappa shape index (κ1) is 21.1. The van der Waals surface area contributed by atoms with Crippen LogP contribution in [0.3, 0.4) is 0 Å². The molecule has 0 bridgehead atoms. The van der Waals surface area contributed by atoms with Crippen LogP contribution in [0.15, 0.2) is 30.3 Å². The van der Waals surface area contributed by atoms with Gasteiger partial charge in [-0.3, -0.25) is 0 Å². The summed E-state index contributed by atoms with van der Waals surface area (Å²) in [6.07, 6.45) is -1.34. The Balaban J connectivity index is 2.72. The van der Waals surface area contributed by atoms with Gasteiger partial charge in [0.25, 0.3) is 0 Å². The molecule has 4 nitrogen and oxygen atoms in total. The zero-order chi connectivity index (χ0) is 18.4. The number of hydrogen-bond donors (Lipinski definition) is 1. The number of hydrogen-bond acceptors (Lipinski definition) is 4. The van der Waals surface area contributed by atoms with Crippen molar-refractivity contribution < 1.29 is 19.3 Å². The minimum absolute atomic E-state index is 0.135. The first-order valence-corrected chi connectivity index (χ1v) is 8.64. The molecule has 0 heterocycles. The Morgan fingerprint density at radius 1 is 0.875 bits per heavy atom. The summed E-state index contributed by atoms with van der Waals surface area (Å²) in [5, 5.41) is 10.5. The van der Waals surface area contributed by atoms with Crippen molar-refractivity contribution in [3.05, 3.63) is 35.9 Å². The van der Waals surface area contributed by atoms with Gasteiger partial charge in [0.05, 0.1) is 30.5 Å². The molecule has 0 amide bonds. The summed E-state index contributed by atoms with van der Waals surface area (Å²) in [4.78, 5) is 0. The predicted octanol–water partition coefficient (Wildman–Crippen LogP) is 4.12. The summed E-state index contributed by atoms with van der Waals surface area (Å²) in [6, 6.07) is 9.97. The minimum Gasteiger partial charge on any atom is -0.388 e. The number of benzene rings is 1. The van der Waals surface area contributed by atoms with Gasteiger partial charge in [0.15, 0.2) is 0 Å². The molecule has 0 aliphatic heterocycles. The second kappa shape index (κ2) is 8.95. The molecule has 1 aromatic carbocycles. The van der Waals surface area contributed by atoms with Gasteiger partial charge in [-0.15, -0.1) is 0 Å². The van der Waals surface area contributed by atoms with Crippen molar-refractivity contribution in [1.82, 2.24) is 0 Å². The van der Waals surface area contributed by atoms with Crippen LogP contribution in [0, 0.1) is 0 Å². The zero-order valence-electron chi connectivity index (χ0n) is 16.2. The molecule has 138 valence electrons. The minimum atomic E-state index is -0.752.